The van der Waals surface area contributed by atoms with Gasteiger partial charge in [0.25, 0.3) is 0 Å². The SMILES string of the molecule is CN(C)C1CCN(c2cc(NC(=O)Nc3ccc(Oc4ccnc(-c5cn[nH]c5)c4)c(F)c3)cc(C(F)(F)F)c2)C1. The number of pyridine rings is 1. The number of likely N-dealkylation sites (N-methyl/N-ethyl adjacent to an activating group) is 1. The second kappa shape index (κ2) is 11.5. The third kappa shape index (κ3) is 6.74. The summed E-state index contributed by atoms with van der Waals surface area (Å²) in [6, 6.07) is 9.82. The molecule has 4 aromatic rings. The summed E-state index contributed by atoms with van der Waals surface area (Å²) in [5.41, 5.74) is 0.838. The lowest BCUT2D eigenvalue weighted by atomic mass is 10.1. The predicted molar refractivity (Wildman–Crippen MR) is 147 cm³/mol. The molecule has 1 atom stereocenters. The monoisotopic (exact) mass is 569 g/mol. The van der Waals surface area contributed by atoms with Crippen molar-refractivity contribution in [2.45, 2.75) is 18.6 Å². The van der Waals surface area contributed by atoms with Gasteiger partial charge >= 0.3 is 12.2 Å². The second-order valence-electron chi connectivity index (χ2n) is 9.81. The summed E-state index contributed by atoms with van der Waals surface area (Å²) < 4.78 is 61.4. The van der Waals surface area contributed by atoms with Crippen LogP contribution in [0, 0.1) is 5.82 Å². The number of halogens is 4. The second-order valence-corrected chi connectivity index (χ2v) is 9.81. The molecule has 5 rings (SSSR count). The van der Waals surface area contributed by atoms with Gasteiger partial charge in [0, 0.05) is 66.3 Å². The van der Waals surface area contributed by atoms with E-state index in [2.05, 4.69) is 25.8 Å². The molecule has 1 aliphatic heterocycles. The van der Waals surface area contributed by atoms with Crippen LogP contribution in [-0.2, 0) is 6.18 Å². The van der Waals surface area contributed by atoms with Crippen LogP contribution in [0.5, 0.6) is 11.5 Å². The van der Waals surface area contributed by atoms with E-state index in [4.69, 9.17) is 4.74 Å². The van der Waals surface area contributed by atoms with E-state index in [0.29, 0.717) is 30.2 Å². The van der Waals surface area contributed by atoms with Gasteiger partial charge in [0.2, 0.25) is 0 Å². The largest absolute Gasteiger partial charge is 0.454 e. The van der Waals surface area contributed by atoms with Crippen molar-refractivity contribution in [3.8, 4) is 22.8 Å². The first-order valence-electron chi connectivity index (χ1n) is 12.7. The van der Waals surface area contributed by atoms with E-state index in [-0.39, 0.29) is 23.2 Å². The van der Waals surface area contributed by atoms with E-state index in [1.165, 1.54) is 24.4 Å². The maximum absolute atomic E-state index is 14.8. The molecule has 2 aromatic carbocycles. The van der Waals surface area contributed by atoms with Gasteiger partial charge in [-0.1, -0.05) is 0 Å². The Morgan fingerprint density at radius 1 is 1.10 bits per heavy atom. The molecule has 13 heteroatoms. The quantitative estimate of drug-likeness (QED) is 0.229. The number of amides is 2. The molecule has 9 nitrogen and oxygen atoms in total. The maximum Gasteiger partial charge on any atom is 0.416 e. The Morgan fingerprint density at radius 2 is 1.90 bits per heavy atom. The molecule has 1 saturated heterocycles. The number of nitrogens with zero attached hydrogens (tertiary/aromatic N) is 4. The van der Waals surface area contributed by atoms with Gasteiger partial charge in [0.15, 0.2) is 11.6 Å². The lowest BCUT2D eigenvalue weighted by molar-refractivity contribution is -0.137. The molecule has 1 unspecified atom stereocenters. The van der Waals surface area contributed by atoms with E-state index in [0.717, 1.165) is 30.2 Å². The standard InChI is InChI=1S/C28H27F4N7O2/c1-38(2)21-6-8-39(16-21)22-10-18(28(30,31)32)9-20(11-22)37-27(40)36-19-3-4-26(24(29)12-19)41-23-5-7-33-25(13-23)17-14-34-35-15-17/h3-5,7,9-15,21H,6,8,16H2,1-2H3,(H,34,35)(H2,36,37,40). The summed E-state index contributed by atoms with van der Waals surface area (Å²) in [6.45, 7) is 1.16. The van der Waals surface area contributed by atoms with Crippen LogP contribution in [0.3, 0.4) is 0 Å². The average Bonchev–Trinajstić information content (AvgIpc) is 3.63. The number of benzene rings is 2. The van der Waals surface area contributed by atoms with Crippen molar-refractivity contribution >= 4 is 23.1 Å². The predicted octanol–water partition coefficient (Wildman–Crippen LogP) is 6.21. The zero-order valence-corrected chi connectivity index (χ0v) is 22.2. The smallest absolute Gasteiger partial charge is 0.416 e. The van der Waals surface area contributed by atoms with E-state index >= 15 is 0 Å². The topological polar surface area (TPSA) is 98.4 Å². The Bertz CT molecular complexity index is 1530. The highest BCUT2D eigenvalue weighted by Gasteiger charge is 2.33. The number of aromatic amines is 1. The van der Waals surface area contributed by atoms with E-state index in [9.17, 15) is 22.4 Å². The molecular weight excluding hydrogens is 542 g/mol. The molecule has 41 heavy (non-hydrogen) atoms. The fraction of sp³-hybridized carbons (Fsp3) is 0.250. The summed E-state index contributed by atoms with van der Waals surface area (Å²) in [5.74, 6) is -0.511. The minimum absolute atomic E-state index is 0.0350. The molecule has 214 valence electrons. The Morgan fingerprint density at radius 3 is 2.59 bits per heavy atom. The summed E-state index contributed by atoms with van der Waals surface area (Å²) in [6.07, 6.45) is 0.969. The number of rotatable bonds is 7. The lowest BCUT2D eigenvalue weighted by Crippen LogP contribution is -2.31. The molecule has 1 aliphatic rings. The van der Waals surface area contributed by atoms with Gasteiger partial charge in [-0.25, -0.2) is 9.18 Å². The molecular formula is C28H27F4N7O2. The van der Waals surface area contributed by atoms with Gasteiger partial charge in [0.05, 0.1) is 17.5 Å². The fourth-order valence-corrected chi connectivity index (χ4v) is 4.53. The summed E-state index contributed by atoms with van der Waals surface area (Å²) in [7, 11) is 3.85. The minimum Gasteiger partial charge on any atom is -0.454 e. The van der Waals surface area contributed by atoms with Gasteiger partial charge in [-0.2, -0.15) is 18.3 Å². The van der Waals surface area contributed by atoms with Gasteiger partial charge in [-0.15, -0.1) is 0 Å². The number of aromatic nitrogens is 3. The van der Waals surface area contributed by atoms with Gasteiger partial charge in [0.1, 0.15) is 5.75 Å². The maximum atomic E-state index is 14.8. The van der Waals surface area contributed by atoms with Gasteiger partial charge < -0.3 is 25.2 Å². The number of carbonyl (C=O) groups is 1. The summed E-state index contributed by atoms with van der Waals surface area (Å²) >= 11 is 0. The van der Waals surface area contributed by atoms with Crippen LogP contribution in [0.2, 0.25) is 0 Å². The summed E-state index contributed by atoms with van der Waals surface area (Å²) in [4.78, 5) is 20.8. The highest BCUT2D eigenvalue weighted by Crippen LogP contribution is 2.36. The molecule has 2 amide bonds. The molecule has 0 spiro atoms. The van der Waals surface area contributed by atoms with Crippen LogP contribution in [0.1, 0.15) is 12.0 Å². The zero-order chi connectivity index (χ0) is 29.1. The van der Waals surface area contributed by atoms with Crippen LogP contribution < -0.4 is 20.3 Å². The van der Waals surface area contributed by atoms with Crippen molar-refractivity contribution in [1.29, 1.82) is 0 Å². The van der Waals surface area contributed by atoms with Gasteiger partial charge in [-0.05, 0) is 56.9 Å². The van der Waals surface area contributed by atoms with Crippen LogP contribution in [-0.4, -0.2) is 59.3 Å². The van der Waals surface area contributed by atoms with E-state index in [1.807, 2.05) is 23.9 Å². The zero-order valence-electron chi connectivity index (χ0n) is 22.2. The van der Waals surface area contributed by atoms with Crippen LogP contribution in [0.4, 0.5) is 39.4 Å². The number of nitrogens with one attached hydrogen (secondary N) is 3. The number of H-pyrrole nitrogens is 1. The average molecular weight is 570 g/mol. The number of alkyl halides is 3. The lowest BCUT2D eigenvalue weighted by Gasteiger charge is -2.23. The van der Waals surface area contributed by atoms with Crippen molar-refractivity contribution in [3.05, 3.63) is 78.5 Å². The molecule has 3 N–H and O–H groups in total. The molecule has 0 radical (unpaired) electrons. The Balaban J connectivity index is 1.27. The van der Waals surface area contributed by atoms with Crippen LogP contribution >= 0.6 is 0 Å². The molecule has 0 bridgehead atoms. The number of anilines is 3. The number of ether oxygens (including phenoxy) is 1. The highest BCUT2D eigenvalue weighted by atomic mass is 19.4. The first-order valence-corrected chi connectivity index (χ1v) is 12.7. The van der Waals surface area contributed by atoms with Crippen molar-refractivity contribution < 1.29 is 27.1 Å². The van der Waals surface area contributed by atoms with Gasteiger partial charge in [-0.3, -0.25) is 10.1 Å². The fourth-order valence-electron chi connectivity index (χ4n) is 4.53. The Kier molecular flexibility index (Phi) is 7.79. The molecule has 2 aromatic heterocycles. The number of hydrogen-bond acceptors (Lipinski definition) is 6. The first kappa shape index (κ1) is 27.9. The minimum atomic E-state index is -4.60. The molecule has 0 aliphatic carbocycles. The van der Waals surface area contributed by atoms with Crippen LogP contribution in [0.15, 0.2) is 67.1 Å². The normalized spacial score (nSPS) is 15.3. The van der Waals surface area contributed by atoms with Crippen molar-refractivity contribution in [2.24, 2.45) is 0 Å². The molecule has 1 fully saturated rings. The summed E-state index contributed by atoms with van der Waals surface area (Å²) in [5, 5.41) is 11.5. The number of hydrogen-bond donors (Lipinski definition) is 3. The van der Waals surface area contributed by atoms with E-state index < -0.39 is 23.6 Å². The first-order chi connectivity index (χ1) is 19.5. The Hall–Kier alpha value is -4.65. The van der Waals surface area contributed by atoms with Crippen molar-refractivity contribution in [2.75, 3.05) is 42.7 Å². The van der Waals surface area contributed by atoms with Crippen molar-refractivity contribution in [3.63, 3.8) is 0 Å². The Labute approximate surface area is 233 Å². The van der Waals surface area contributed by atoms with Crippen LogP contribution in [0.25, 0.3) is 11.3 Å². The molecule has 0 saturated carbocycles. The third-order valence-corrected chi connectivity index (χ3v) is 6.70. The van der Waals surface area contributed by atoms with E-state index in [1.54, 1.807) is 24.5 Å². The number of carbonyl (C=O) groups excluding carboxylic acids is 1. The van der Waals surface area contributed by atoms with Crippen molar-refractivity contribution in [1.82, 2.24) is 20.1 Å². The highest BCUT2D eigenvalue weighted by molar-refractivity contribution is 6.00. The third-order valence-electron chi connectivity index (χ3n) is 6.70. The number of urea groups is 1. The molecule has 3 heterocycles.